The number of rotatable bonds is 6. The first kappa shape index (κ1) is 44.3. The molecule has 2 aliphatic heterocycles. The Bertz CT molecular complexity index is 1620. The van der Waals surface area contributed by atoms with Crippen LogP contribution in [0, 0.1) is 50.2 Å². The summed E-state index contributed by atoms with van der Waals surface area (Å²) in [5.74, 6) is -2.55. The van der Waals surface area contributed by atoms with Gasteiger partial charge in [-0.15, -0.1) is 0 Å². The molecule has 0 bridgehead atoms. The van der Waals surface area contributed by atoms with E-state index in [9.17, 15) is 60.7 Å². The van der Waals surface area contributed by atoms with Gasteiger partial charge in [0.05, 0.1) is 36.3 Å². The standard InChI is InChI=1S/C42H66O16/c1-37(2)13-15-42(36(54)58-34-31(51)29(49)27(47)21(18-44)56-34)16-14-39(4)19(25(42)32(37)52)7-8-22-38(3)11-10-24(45)41(6,23(38)9-12-40(22,39)5)35(53)57-33-30(50)28(48)26(46)20(17-43)55-33/h7,20-34,43-52H,8-18H2,1-6H3/t20-,21-,22?,23?,24+,25?,26-,27-,28+,29+,30-,31-,32+,33+,34+,38-,39-,40-,41-,42+/m1/s1. The Balaban J connectivity index is 1.20. The highest BCUT2D eigenvalue weighted by atomic mass is 16.7. The molecule has 16 nitrogen and oxygen atoms in total. The second-order valence-corrected chi connectivity index (χ2v) is 20.4. The minimum atomic E-state index is -1.79. The molecule has 5 aliphatic carbocycles. The minimum absolute atomic E-state index is 0.0123. The van der Waals surface area contributed by atoms with Crippen LogP contribution < -0.4 is 0 Å². The predicted molar refractivity (Wildman–Crippen MR) is 200 cm³/mol. The van der Waals surface area contributed by atoms with Crippen LogP contribution in [0.4, 0.5) is 0 Å². The van der Waals surface area contributed by atoms with Gasteiger partial charge in [0.25, 0.3) is 0 Å². The summed E-state index contributed by atoms with van der Waals surface area (Å²) in [6.07, 6.45) is -11.6. The molecule has 0 aromatic heterocycles. The zero-order valence-corrected chi connectivity index (χ0v) is 34.4. The molecular formula is C42H66O16. The molecule has 7 aliphatic rings. The summed E-state index contributed by atoms with van der Waals surface area (Å²) in [6.45, 7) is 10.9. The first-order valence-electron chi connectivity index (χ1n) is 21.1. The van der Waals surface area contributed by atoms with Crippen molar-refractivity contribution in [1.82, 2.24) is 0 Å². The van der Waals surface area contributed by atoms with Crippen LogP contribution in [0.2, 0.25) is 0 Å². The zero-order chi connectivity index (χ0) is 42.7. The fraction of sp³-hybridized carbons (Fsp3) is 0.905. The Kier molecular flexibility index (Phi) is 11.4. The number of aliphatic hydroxyl groups excluding tert-OH is 10. The van der Waals surface area contributed by atoms with E-state index in [4.69, 9.17) is 18.9 Å². The quantitative estimate of drug-likeness (QED) is 0.123. The number of esters is 2. The molecule has 0 aromatic rings. The third-order valence-corrected chi connectivity index (χ3v) is 17.5. The lowest BCUT2D eigenvalue weighted by molar-refractivity contribution is -0.301. The van der Waals surface area contributed by atoms with Crippen LogP contribution in [-0.4, -0.2) is 150 Å². The second-order valence-electron chi connectivity index (χ2n) is 20.4. The van der Waals surface area contributed by atoms with Gasteiger partial charge in [0, 0.05) is 5.92 Å². The number of ether oxygens (including phenoxy) is 4. The fourth-order valence-corrected chi connectivity index (χ4v) is 13.3. The normalized spacial score (nSPS) is 53.8. The molecule has 20 atom stereocenters. The molecule has 58 heavy (non-hydrogen) atoms. The molecule has 0 spiro atoms. The first-order valence-corrected chi connectivity index (χ1v) is 21.1. The van der Waals surface area contributed by atoms with E-state index in [1.54, 1.807) is 6.92 Å². The van der Waals surface area contributed by atoms with E-state index in [2.05, 4.69) is 26.8 Å². The van der Waals surface area contributed by atoms with Crippen LogP contribution in [0.25, 0.3) is 0 Å². The van der Waals surface area contributed by atoms with Crippen LogP contribution in [0.1, 0.15) is 99.3 Å². The van der Waals surface area contributed by atoms with Crippen LogP contribution in [0.3, 0.4) is 0 Å². The van der Waals surface area contributed by atoms with Gasteiger partial charge in [0.1, 0.15) is 48.8 Å². The van der Waals surface area contributed by atoms with E-state index in [1.807, 2.05) is 13.8 Å². The average Bonchev–Trinajstić information content (AvgIpc) is 3.18. The molecule has 16 heteroatoms. The van der Waals surface area contributed by atoms with Crippen LogP contribution in [-0.2, 0) is 28.5 Å². The average molecular weight is 827 g/mol. The van der Waals surface area contributed by atoms with Gasteiger partial charge in [-0.05, 0) is 98.2 Å². The monoisotopic (exact) mass is 826 g/mol. The van der Waals surface area contributed by atoms with E-state index in [0.717, 1.165) is 5.57 Å². The van der Waals surface area contributed by atoms with Gasteiger partial charge in [-0.1, -0.05) is 46.3 Å². The lowest BCUT2D eigenvalue weighted by Crippen LogP contribution is -2.68. The molecule has 2 saturated heterocycles. The summed E-state index contributed by atoms with van der Waals surface area (Å²) >= 11 is 0. The summed E-state index contributed by atoms with van der Waals surface area (Å²) < 4.78 is 22.7. The van der Waals surface area contributed by atoms with Crippen molar-refractivity contribution in [2.45, 2.75) is 173 Å². The molecule has 0 aromatic carbocycles. The van der Waals surface area contributed by atoms with Crippen molar-refractivity contribution < 1.29 is 79.6 Å². The molecule has 6 fully saturated rings. The first-order chi connectivity index (χ1) is 27.0. The lowest BCUT2D eigenvalue weighted by Gasteiger charge is -2.71. The summed E-state index contributed by atoms with van der Waals surface area (Å²) in [5, 5.41) is 106. The van der Waals surface area contributed by atoms with Gasteiger partial charge in [-0.2, -0.15) is 0 Å². The van der Waals surface area contributed by atoms with Crippen molar-refractivity contribution in [3.8, 4) is 0 Å². The largest absolute Gasteiger partial charge is 0.432 e. The maximum absolute atomic E-state index is 14.6. The SMILES string of the molecule is CC1(C)CC[C@]2(C(=O)O[C@@H]3O[C@H](CO)[C@@H](O)[C@H](O)[C@H]3O)CC[C@]3(C)C(=CCC4[C@@]5(C)CC[C@H](O)[C@](C)(C(=O)O[C@@H]6O[C@H](CO)[C@@H](O)[C@H](O)[C@H]6O)C5CC[C@]43C)C2[C@@H]1O. The van der Waals surface area contributed by atoms with Crippen molar-refractivity contribution in [2.24, 2.45) is 50.2 Å². The van der Waals surface area contributed by atoms with Crippen molar-refractivity contribution in [1.29, 1.82) is 0 Å². The highest BCUT2D eigenvalue weighted by Gasteiger charge is 2.72. The number of fused-ring (bicyclic) bond motifs is 7. The fourth-order valence-electron chi connectivity index (χ4n) is 13.3. The van der Waals surface area contributed by atoms with Gasteiger partial charge in [-0.25, -0.2) is 0 Å². The Morgan fingerprint density at radius 3 is 1.74 bits per heavy atom. The summed E-state index contributed by atoms with van der Waals surface area (Å²) in [4.78, 5) is 28.9. The van der Waals surface area contributed by atoms with E-state index >= 15 is 0 Å². The van der Waals surface area contributed by atoms with Gasteiger partial charge < -0.3 is 70.0 Å². The summed E-state index contributed by atoms with van der Waals surface area (Å²) in [5.41, 5.74) is -3.70. The van der Waals surface area contributed by atoms with E-state index < -0.39 is 137 Å². The Morgan fingerprint density at radius 1 is 0.655 bits per heavy atom. The van der Waals surface area contributed by atoms with Crippen LogP contribution >= 0.6 is 0 Å². The minimum Gasteiger partial charge on any atom is -0.432 e. The van der Waals surface area contributed by atoms with Crippen molar-refractivity contribution in [3.63, 3.8) is 0 Å². The number of carbonyl (C=O) groups is 2. The molecule has 0 amide bonds. The van der Waals surface area contributed by atoms with E-state index in [1.165, 1.54) is 0 Å². The summed E-state index contributed by atoms with van der Waals surface area (Å²) in [7, 11) is 0. The Hall–Kier alpha value is -1.80. The van der Waals surface area contributed by atoms with Gasteiger partial charge in [0.15, 0.2) is 0 Å². The molecule has 3 unspecified atom stereocenters. The topological polar surface area (TPSA) is 273 Å². The molecular weight excluding hydrogens is 760 g/mol. The Morgan fingerprint density at radius 2 is 1.19 bits per heavy atom. The number of hydrogen-bond acceptors (Lipinski definition) is 16. The van der Waals surface area contributed by atoms with Crippen LogP contribution in [0.15, 0.2) is 11.6 Å². The van der Waals surface area contributed by atoms with Crippen molar-refractivity contribution >= 4 is 11.9 Å². The van der Waals surface area contributed by atoms with Gasteiger partial charge in [0.2, 0.25) is 12.6 Å². The number of hydrogen-bond donors (Lipinski definition) is 10. The molecule has 0 radical (unpaired) electrons. The number of allylic oxidation sites excluding steroid dienone is 1. The molecule has 330 valence electrons. The number of aliphatic hydroxyl groups is 10. The van der Waals surface area contributed by atoms with Crippen molar-refractivity contribution in [3.05, 3.63) is 11.6 Å². The van der Waals surface area contributed by atoms with Gasteiger partial charge >= 0.3 is 11.9 Å². The highest BCUT2D eigenvalue weighted by molar-refractivity contribution is 5.79. The predicted octanol–water partition coefficient (Wildman–Crippen LogP) is -0.214. The second kappa shape index (κ2) is 14.9. The molecule has 4 saturated carbocycles. The molecule has 10 N–H and O–H groups in total. The zero-order valence-electron chi connectivity index (χ0n) is 34.4. The molecule has 7 rings (SSSR count). The third kappa shape index (κ3) is 6.13. The maximum Gasteiger partial charge on any atom is 0.317 e. The van der Waals surface area contributed by atoms with Crippen molar-refractivity contribution in [2.75, 3.05) is 13.2 Å². The van der Waals surface area contributed by atoms with E-state index in [-0.39, 0.29) is 18.3 Å². The maximum atomic E-state index is 14.6. The third-order valence-electron chi connectivity index (χ3n) is 17.5. The highest BCUT2D eigenvalue weighted by Crippen LogP contribution is 2.76. The summed E-state index contributed by atoms with van der Waals surface area (Å²) in [6, 6.07) is 0. The molecule has 2 heterocycles. The van der Waals surface area contributed by atoms with Gasteiger partial charge in [-0.3, -0.25) is 9.59 Å². The van der Waals surface area contributed by atoms with Crippen LogP contribution in [0.5, 0.6) is 0 Å². The lowest BCUT2D eigenvalue weighted by atomic mass is 9.33. The smallest absolute Gasteiger partial charge is 0.317 e. The Labute approximate surface area is 339 Å². The number of carbonyl (C=O) groups excluding carboxylic acids is 2. The van der Waals surface area contributed by atoms with E-state index in [0.29, 0.717) is 51.4 Å².